The molecule has 1 radical (unpaired) electrons. The summed E-state index contributed by atoms with van der Waals surface area (Å²) in [7, 11) is 1.61. The van der Waals surface area contributed by atoms with E-state index in [0.29, 0.717) is 5.56 Å². The Kier molecular flexibility index (Phi) is 2.26. The smallest absolute Gasteiger partial charge is 0.251 e. The molecule has 0 aliphatic carbocycles. The van der Waals surface area contributed by atoms with Crippen molar-refractivity contribution in [3.63, 3.8) is 0 Å². The van der Waals surface area contributed by atoms with Crippen LogP contribution < -0.4 is 5.32 Å². The molecule has 1 aromatic rings. The molecule has 1 rings (SSSR count). The highest BCUT2D eigenvalue weighted by molar-refractivity contribution is 5.93. The fourth-order valence-corrected chi connectivity index (χ4v) is 0.852. The molecule has 2 heteroatoms. The van der Waals surface area contributed by atoms with Gasteiger partial charge in [-0.1, -0.05) is 12.1 Å². The number of nitrogens with one attached hydrogen (secondary N) is 1. The third-order valence-corrected chi connectivity index (χ3v) is 1.41. The van der Waals surface area contributed by atoms with Gasteiger partial charge < -0.3 is 5.32 Å². The molecule has 0 unspecified atom stereocenters. The molecule has 57 valence electrons. The molecule has 0 aliphatic heterocycles. The molecule has 0 fully saturated rings. The van der Waals surface area contributed by atoms with E-state index in [-0.39, 0.29) is 5.91 Å². The highest BCUT2D eigenvalue weighted by Crippen LogP contribution is 2.01. The molecule has 0 spiro atoms. The number of aryl methyl sites for hydroxylation is 1. The maximum Gasteiger partial charge on any atom is 0.251 e. The molecule has 11 heavy (non-hydrogen) atoms. The Balaban J connectivity index is 2.96. The van der Waals surface area contributed by atoms with E-state index in [1.54, 1.807) is 13.1 Å². The van der Waals surface area contributed by atoms with Crippen LogP contribution in [0.2, 0.25) is 0 Å². The largest absolute Gasteiger partial charge is 0.355 e. The maximum atomic E-state index is 11.0. The van der Waals surface area contributed by atoms with Crippen molar-refractivity contribution in [3.05, 3.63) is 35.4 Å². The number of hydrogen-bond acceptors (Lipinski definition) is 1. The predicted octanol–water partition coefficient (Wildman–Crippen LogP) is 1.15. The molecule has 1 N–H and O–H groups in total. The Morgan fingerprint density at radius 2 is 2.27 bits per heavy atom. The highest BCUT2D eigenvalue weighted by atomic mass is 16.1. The van der Waals surface area contributed by atoms with Gasteiger partial charge in [0.15, 0.2) is 0 Å². The Bertz CT molecular complexity index is 268. The summed E-state index contributed by atoms with van der Waals surface area (Å²) in [6.45, 7) is 1.91. The Hall–Kier alpha value is -1.31. The number of hydrogen-bond donors (Lipinski definition) is 1. The number of carbonyl (C=O) groups is 1. The summed E-state index contributed by atoms with van der Waals surface area (Å²) in [5.74, 6) is -0.0892. The number of rotatable bonds is 1. The van der Waals surface area contributed by atoms with E-state index in [1.807, 2.05) is 19.1 Å². The van der Waals surface area contributed by atoms with Gasteiger partial charge in [0, 0.05) is 12.6 Å². The second kappa shape index (κ2) is 3.19. The van der Waals surface area contributed by atoms with E-state index in [0.717, 1.165) is 5.56 Å². The summed E-state index contributed by atoms with van der Waals surface area (Å²) in [6, 6.07) is 8.44. The third kappa shape index (κ3) is 1.80. The first kappa shape index (κ1) is 7.79. The van der Waals surface area contributed by atoms with Gasteiger partial charge in [-0.25, -0.2) is 0 Å². The minimum Gasteiger partial charge on any atom is -0.355 e. The summed E-state index contributed by atoms with van der Waals surface area (Å²) in [5, 5.41) is 2.54. The highest BCUT2D eigenvalue weighted by Gasteiger charge is 2.00. The fourth-order valence-electron chi connectivity index (χ4n) is 0.852. The van der Waals surface area contributed by atoms with Crippen LogP contribution in [0.4, 0.5) is 0 Å². The molecule has 0 bridgehead atoms. The van der Waals surface area contributed by atoms with Crippen LogP contribution in [0.1, 0.15) is 15.9 Å². The second-order valence-corrected chi connectivity index (χ2v) is 2.33. The van der Waals surface area contributed by atoms with Crippen molar-refractivity contribution in [2.24, 2.45) is 0 Å². The van der Waals surface area contributed by atoms with Gasteiger partial charge in [0.25, 0.3) is 5.91 Å². The van der Waals surface area contributed by atoms with Crippen LogP contribution in [-0.4, -0.2) is 13.0 Å². The second-order valence-electron chi connectivity index (χ2n) is 2.33. The minimum absolute atomic E-state index is 0.0892. The summed E-state index contributed by atoms with van der Waals surface area (Å²) >= 11 is 0. The molecule has 0 saturated heterocycles. The van der Waals surface area contributed by atoms with E-state index < -0.39 is 0 Å². The van der Waals surface area contributed by atoms with Crippen molar-refractivity contribution >= 4 is 5.91 Å². The lowest BCUT2D eigenvalue weighted by atomic mass is 10.1. The molecule has 0 atom stereocenters. The lowest BCUT2D eigenvalue weighted by Gasteiger charge is -1.98. The van der Waals surface area contributed by atoms with E-state index in [4.69, 9.17) is 0 Å². The van der Waals surface area contributed by atoms with Gasteiger partial charge in [0.1, 0.15) is 0 Å². The third-order valence-electron chi connectivity index (χ3n) is 1.41. The Morgan fingerprint density at radius 1 is 1.55 bits per heavy atom. The van der Waals surface area contributed by atoms with Crippen molar-refractivity contribution in [2.45, 2.75) is 6.92 Å². The minimum atomic E-state index is -0.0892. The van der Waals surface area contributed by atoms with E-state index in [2.05, 4.69) is 11.4 Å². The summed E-state index contributed by atoms with van der Waals surface area (Å²) in [5.41, 5.74) is 1.57. The van der Waals surface area contributed by atoms with Gasteiger partial charge in [-0.15, -0.1) is 0 Å². The van der Waals surface area contributed by atoms with Crippen molar-refractivity contribution in [1.29, 1.82) is 0 Å². The van der Waals surface area contributed by atoms with E-state index >= 15 is 0 Å². The monoisotopic (exact) mass is 148 g/mol. The normalized spacial score (nSPS) is 9.27. The van der Waals surface area contributed by atoms with Crippen LogP contribution in [-0.2, 0) is 0 Å². The molecule has 0 aromatic heterocycles. The van der Waals surface area contributed by atoms with E-state index in [1.165, 1.54) is 0 Å². The summed E-state index contributed by atoms with van der Waals surface area (Å²) in [6.07, 6.45) is 0. The van der Waals surface area contributed by atoms with Crippen molar-refractivity contribution in [3.8, 4) is 0 Å². The maximum absolute atomic E-state index is 11.0. The number of amides is 1. The summed E-state index contributed by atoms with van der Waals surface area (Å²) in [4.78, 5) is 11.0. The first-order chi connectivity index (χ1) is 5.24. The topological polar surface area (TPSA) is 29.1 Å². The predicted molar refractivity (Wildman–Crippen MR) is 43.4 cm³/mol. The van der Waals surface area contributed by atoms with Crippen LogP contribution in [0.15, 0.2) is 18.2 Å². The first-order valence-corrected chi connectivity index (χ1v) is 3.45. The van der Waals surface area contributed by atoms with Crippen molar-refractivity contribution in [1.82, 2.24) is 5.32 Å². The average Bonchev–Trinajstić information content (AvgIpc) is 2.03. The number of carbonyl (C=O) groups excluding carboxylic acids is 1. The quantitative estimate of drug-likeness (QED) is 0.636. The van der Waals surface area contributed by atoms with Crippen LogP contribution in [0.25, 0.3) is 0 Å². The zero-order valence-corrected chi connectivity index (χ0v) is 6.64. The Morgan fingerprint density at radius 3 is 2.82 bits per heavy atom. The van der Waals surface area contributed by atoms with Gasteiger partial charge in [-0.3, -0.25) is 4.79 Å². The standard InChI is InChI=1S/C9H10NO/c1-7-4-3-5-8(6-7)9(11)10-2/h3-5H,1-2H3,(H,10,11). The fraction of sp³-hybridized carbons (Fsp3) is 0.222. The number of benzene rings is 1. The molecule has 2 nitrogen and oxygen atoms in total. The average molecular weight is 148 g/mol. The van der Waals surface area contributed by atoms with Gasteiger partial charge in [0.2, 0.25) is 0 Å². The molecule has 1 aromatic carbocycles. The molecule has 1 amide bonds. The molecule has 0 heterocycles. The zero-order chi connectivity index (χ0) is 8.27. The van der Waals surface area contributed by atoms with Crippen LogP contribution >= 0.6 is 0 Å². The molecule has 0 aliphatic rings. The van der Waals surface area contributed by atoms with Crippen molar-refractivity contribution in [2.75, 3.05) is 7.05 Å². The van der Waals surface area contributed by atoms with Gasteiger partial charge >= 0.3 is 0 Å². The molecular weight excluding hydrogens is 138 g/mol. The zero-order valence-electron chi connectivity index (χ0n) is 6.64. The van der Waals surface area contributed by atoms with Crippen LogP contribution in [0.5, 0.6) is 0 Å². The SMILES string of the molecule is CNC(=O)c1[c]c(C)ccc1. The van der Waals surface area contributed by atoms with Gasteiger partial charge in [-0.05, 0) is 24.6 Å². The molecule has 0 saturated carbocycles. The van der Waals surface area contributed by atoms with Crippen molar-refractivity contribution < 1.29 is 4.79 Å². The lowest BCUT2D eigenvalue weighted by Crippen LogP contribution is -2.17. The van der Waals surface area contributed by atoms with Crippen LogP contribution in [0.3, 0.4) is 0 Å². The lowest BCUT2D eigenvalue weighted by molar-refractivity contribution is 0.0962. The van der Waals surface area contributed by atoms with Gasteiger partial charge in [-0.2, -0.15) is 0 Å². The Labute approximate surface area is 66.2 Å². The summed E-state index contributed by atoms with van der Waals surface area (Å²) < 4.78 is 0. The van der Waals surface area contributed by atoms with Crippen LogP contribution in [0, 0.1) is 13.0 Å². The molecular formula is C9H10NO. The van der Waals surface area contributed by atoms with Gasteiger partial charge in [0.05, 0.1) is 0 Å². The van der Waals surface area contributed by atoms with E-state index in [9.17, 15) is 4.79 Å². The first-order valence-electron chi connectivity index (χ1n) is 3.45.